The lowest BCUT2D eigenvalue weighted by atomic mass is 9.79. The second-order valence-corrected chi connectivity index (χ2v) is 11.7. The predicted octanol–water partition coefficient (Wildman–Crippen LogP) is 5.61. The smallest absolute Gasteiger partial charge is 0.187 e. The highest BCUT2D eigenvalue weighted by Gasteiger charge is 2.39. The van der Waals surface area contributed by atoms with E-state index < -0.39 is 8.32 Å². The maximum absolute atomic E-state index is 6.51. The summed E-state index contributed by atoms with van der Waals surface area (Å²) < 4.78 is 6.51. The molecule has 0 aliphatic heterocycles. The van der Waals surface area contributed by atoms with Crippen molar-refractivity contribution in [2.75, 3.05) is 0 Å². The summed E-state index contributed by atoms with van der Waals surface area (Å²) >= 11 is 0. The fourth-order valence-corrected chi connectivity index (χ4v) is 4.76. The van der Waals surface area contributed by atoms with Gasteiger partial charge in [-0.2, -0.15) is 0 Å². The van der Waals surface area contributed by atoms with Gasteiger partial charge in [0, 0.05) is 0 Å². The van der Waals surface area contributed by atoms with E-state index in [0.29, 0.717) is 0 Å². The van der Waals surface area contributed by atoms with E-state index in [0.717, 1.165) is 0 Å². The first kappa shape index (κ1) is 17.2. The number of rotatable bonds is 7. The first-order valence-electron chi connectivity index (χ1n) is 7.22. The summed E-state index contributed by atoms with van der Waals surface area (Å²) in [4.78, 5) is 0. The Labute approximate surface area is 110 Å². The average molecular weight is 259 g/mol. The molecule has 0 N–H and O–H groups in total. The van der Waals surface area contributed by atoms with Gasteiger partial charge in [-0.15, -0.1) is 0 Å². The molecular formula is C15H34OSi. The summed E-state index contributed by atoms with van der Waals surface area (Å²) in [5.41, 5.74) is 0.189. The molecular weight excluding hydrogens is 224 g/mol. The zero-order chi connectivity index (χ0) is 13.7. The van der Waals surface area contributed by atoms with E-state index in [-0.39, 0.29) is 11.0 Å². The summed E-state index contributed by atoms with van der Waals surface area (Å²) in [5.74, 6) is 0. The van der Waals surface area contributed by atoms with Crippen LogP contribution in [0.2, 0.25) is 19.1 Å². The van der Waals surface area contributed by atoms with Crippen molar-refractivity contribution in [1.82, 2.24) is 0 Å². The van der Waals surface area contributed by atoms with Crippen LogP contribution < -0.4 is 0 Å². The summed E-state index contributed by atoms with van der Waals surface area (Å²) in [6.07, 6.45) is 5.39. The normalized spacial score (nSPS) is 14.1. The van der Waals surface area contributed by atoms with Crippen LogP contribution in [0.3, 0.4) is 0 Å². The molecule has 0 rings (SSSR count). The third-order valence-corrected chi connectivity index (χ3v) is 6.59. The summed E-state index contributed by atoms with van der Waals surface area (Å²) in [7, 11) is -1.50. The average Bonchev–Trinajstić information content (AvgIpc) is 2.09. The third kappa shape index (κ3) is 6.61. The lowest BCUT2D eigenvalue weighted by molar-refractivity contribution is -0.00779. The van der Waals surface area contributed by atoms with Crippen LogP contribution in [0, 0.1) is 5.41 Å². The van der Waals surface area contributed by atoms with E-state index in [1.165, 1.54) is 31.7 Å². The summed E-state index contributed by atoms with van der Waals surface area (Å²) in [5, 5.41) is 0. The zero-order valence-electron chi connectivity index (χ0n) is 13.4. The van der Waals surface area contributed by atoms with Crippen molar-refractivity contribution < 1.29 is 4.43 Å². The van der Waals surface area contributed by atoms with Crippen molar-refractivity contribution in [3.63, 3.8) is 0 Å². The molecule has 0 saturated carbocycles. The van der Waals surface area contributed by atoms with Gasteiger partial charge >= 0.3 is 0 Å². The van der Waals surface area contributed by atoms with Gasteiger partial charge in [-0.1, -0.05) is 53.4 Å². The maximum atomic E-state index is 6.51. The van der Waals surface area contributed by atoms with Gasteiger partial charge < -0.3 is 4.43 Å². The third-order valence-electron chi connectivity index (χ3n) is 3.97. The standard InChI is InChI=1S/C15H34OSi/c1-9-10-11-12-13-17(7,8)16-15(5,6)14(2,3)4/h9-13H2,1-8H3. The first-order chi connectivity index (χ1) is 7.52. The van der Waals surface area contributed by atoms with Gasteiger partial charge in [0.05, 0.1) is 5.60 Å². The van der Waals surface area contributed by atoms with Gasteiger partial charge in [0.15, 0.2) is 8.32 Å². The monoisotopic (exact) mass is 258 g/mol. The molecule has 0 aliphatic rings. The molecule has 17 heavy (non-hydrogen) atoms. The van der Waals surface area contributed by atoms with Crippen molar-refractivity contribution in [3.05, 3.63) is 0 Å². The quantitative estimate of drug-likeness (QED) is 0.426. The molecule has 0 aliphatic carbocycles. The van der Waals surface area contributed by atoms with Crippen LogP contribution in [0.25, 0.3) is 0 Å². The van der Waals surface area contributed by atoms with Crippen molar-refractivity contribution in [2.45, 2.75) is 92.0 Å². The minimum absolute atomic E-state index is 0.0204. The van der Waals surface area contributed by atoms with E-state index in [1.54, 1.807) is 0 Å². The maximum Gasteiger partial charge on any atom is 0.187 e. The molecule has 0 radical (unpaired) electrons. The molecule has 0 heterocycles. The van der Waals surface area contributed by atoms with E-state index in [1.807, 2.05) is 0 Å². The second-order valence-electron chi connectivity index (χ2n) is 7.43. The highest BCUT2D eigenvalue weighted by atomic mass is 28.4. The largest absolute Gasteiger partial charge is 0.412 e. The first-order valence-corrected chi connectivity index (χ1v) is 10.3. The van der Waals surface area contributed by atoms with Crippen molar-refractivity contribution in [1.29, 1.82) is 0 Å². The van der Waals surface area contributed by atoms with E-state index in [4.69, 9.17) is 4.43 Å². The highest BCUT2D eigenvalue weighted by molar-refractivity contribution is 6.71. The van der Waals surface area contributed by atoms with Crippen molar-refractivity contribution >= 4 is 8.32 Å². The molecule has 0 aromatic rings. The van der Waals surface area contributed by atoms with Crippen LogP contribution in [-0.4, -0.2) is 13.9 Å². The molecule has 1 nitrogen and oxygen atoms in total. The van der Waals surface area contributed by atoms with Gasteiger partial charge in [0.2, 0.25) is 0 Å². The van der Waals surface area contributed by atoms with E-state index in [2.05, 4.69) is 54.6 Å². The second kappa shape index (κ2) is 6.37. The molecule has 0 aromatic carbocycles. The Kier molecular flexibility index (Phi) is 6.44. The van der Waals surface area contributed by atoms with Crippen LogP contribution in [-0.2, 0) is 4.43 Å². The molecule has 104 valence electrons. The van der Waals surface area contributed by atoms with Crippen molar-refractivity contribution in [2.24, 2.45) is 5.41 Å². The molecule has 0 saturated heterocycles. The lowest BCUT2D eigenvalue weighted by Gasteiger charge is -2.44. The number of hydrogen-bond donors (Lipinski definition) is 0. The fourth-order valence-electron chi connectivity index (χ4n) is 1.87. The molecule has 0 bridgehead atoms. The molecule has 2 heteroatoms. The zero-order valence-corrected chi connectivity index (χ0v) is 14.4. The van der Waals surface area contributed by atoms with Crippen LogP contribution in [0.15, 0.2) is 0 Å². The Balaban J connectivity index is 4.24. The fraction of sp³-hybridized carbons (Fsp3) is 1.00. The number of hydrogen-bond acceptors (Lipinski definition) is 1. The van der Waals surface area contributed by atoms with Crippen LogP contribution in [0.4, 0.5) is 0 Å². The van der Waals surface area contributed by atoms with Gasteiger partial charge in [0.25, 0.3) is 0 Å². The molecule has 0 atom stereocenters. The number of unbranched alkanes of at least 4 members (excludes halogenated alkanes) is 3. The highest BCUT2D eigenvalue weighted by Crippen LogP contribution is 2.36. The minimum Gasteiger partial charge on any atom is -0.412 e. The van der Waals surface area contributed by atoms with Gasteiger partial charge in [-0.05, 0) is 38.4 Å². The molecule has 0 spiro atoms. The van der Waals surface area contributed by atoms with Crippen molar-refractivity contribution in [3.8, 4) is 0 Å². The Morgan fingerprint density at radius 1 is 0.882 bits per heavy atom. The van der Waals surface area contributed by atoms with Crippen LogP contribution in [0.5, 0.6) is 0 Å². The minimum atomic E-state index is -1.50. The Morgan fingerprint density at radius 3 is 1.82 bits per heavy atom. The van der Waals surface area contributed by atoms with Gasteiger partial charge in [-0.25, -0.2) is 0 Å². The van der Waals surface area contributed by atoms with Crippen LogP contribution >= 0.6 is 0 Å². The lowest BCUT2D eigenvalue weighted by Crippen LogP contribution is -2.48. The summed E-state index contributed by atoms with van der Waals surface area (Å²) in [6.45, 7) is 18.3. The molecule has 0 unspecified atom stereocenters. The van der Waals surface area contributed by atoms with E-state index in [9.17, 15) is 0 Å². The summed E-state index contributed by atoms with van der Waals surface area (Å²) in [6, 6.07) is 1.30. The van der Waals surface area contributed by atoms with E-state index >= 15 is 0 Å². The Bertz CT molecular complexity index is 213. The predicted molar refractivity (Wildman–Crippen MR) is 81.1 cm³/mol. The van der Waals surface area contributed by atoms with Crippen LogP contribution in [0.1, 0.15) is 67.2 Å². The SMILES string of the molecule is CCCCCC[Si](C)(C)OC(C)(C)C(C)(C)C. The topological polar surface area (TPSA) is 9.23 Å². The molecule has 0 aromatic heterocycles. The molecule has 0 fully saturated rings. The molecule has 0 amide bonds. The Hall–Kier alpha value is 0.177. The van der Waals surface area contributed by atoms with Gasteiger partial charge in [0.1, 0.15) is 0 Å². The Morgan fingerprint density at radius 2 is 1.41 bits per heavy atom. The van der Waals surface area contributed by atoms with Gasteiger partial charge in [-0.3, -0.25) is 0 Å².